The van der Waals surface area contributed by atoms with Crippen LogP contribution in [0.4, 0.5) is 4.79 Å². The van der Waals surface area contributed by atoms with E-state index < -0.39 is 12.1 Å². The molecule has 0 aliphatic heterocycles. The second-order valence-corrected chi connectivity index (χ2v) is 5.20. The molecule has 0 unspecified atom stereocenters. The first-order chi connectivity index (χ1) is 12.7. The molecule has 0 spiro atoms. The van der Waals surface area contributed by atoms with Crippen LogP contribution in [0, 0.1) is 23.7 Å². The Morgan fingerprint density at radius 3 is 2.62 bits per heavy atom. The number of hydrogen-bond donors (Lipinski definition) is 1. The Bertz CT molecular complexity index is 669. The van der Waals surface area contributed by atoms with Crippen LogP contribution in [0.1, 0.15) is 44.6 Å². The Morgan fingerprint density at radius 1 is 1.08 bits per heavy atom. The number of nitrogens with zero attached hydrogens (tertiary/aromatic N) is 2. The highest BCUT2D eigenvalue weighted by Crippen LogP contribution is 1.95. The minimum absolute atomic E-state index is 0.181. The molecule has 0 saturated heterocycles. The maximum atomic E-state index is 11.4. The molecular formula is C19H23N3O4. The van der Waals surface area contributed by atoms with E-state index in [2.05, 4.69) is 39.0 Å². The molecule has 1 N–H and O–H groups in total. The quantitative estimate of drug-likeness (QED) is 0.413. The number of rotatable bonds is 9. The van der Waals surface area contributed by atoms with Crippen LogP contribution < -0.4 is 5.32 Å². The van der Waals surface area contributed by atoms with Gasteiger partial charge in [-0.25, -0.2) is 14.8 Å². The molecule has 1 heterocycles. The summed E-state index contributed by atoms with van der Waals surface area (Å²) in [6.07, 6.45) is 7.95. The number of esters is 1. The van der Waals surface area contributed by atoms with Crippen molar-refractivity contribution >= 4 is 12.1 Å². The number of nitrogens with one attached hydrogen (secondary N) is 1. The lowest BCUT2D eigenvalue weighted by molar-refractivity contribution is -0.142. The smallest absolute Gasteiger partial charge is 0.407 e. The molecule has 26 heavy (non-hydrogen) atoms. The van der Waals surface area contributed by atoms with Crippen molar-refractivity contribution in [2.45, 2.75) is 39.0 Å². The number of unbranched alkanes of at least 4 members (excludes halogenated alkanes) is 3. The van der Waals surface area contributed by atoms with Crippen molar-refractivity contribution in [3.8, 4) is 23.7 Å². The Morgan fingerprint density at radius 2 is 1.85 bits per heavy atom. The summed E-state index contributed by atoms with van der Waals surface area (Å²) in [6, 6.07) is 0. The van der Waals surface area contributed by atoms with Crippen molar-refractivity contribution in [3.05, 3.63) is 24.3 Å². The zero-order chi connectivity index (χ0) is 18.9. The Labute approximate surface area is 153 Å². The third-order valence-corrected chi connectivity index (χ3v) is 2.99. The zero-order valence-electron chi connectivity index (χ0n) is 14.9. The number of alkyl carbamates (subject to hydrolysis) is 1. The van der Waals surface area contributed by atoms with E-state index in [9.17, 15) is 9.59 Å². The van der Waals surface area contributed by atoms with Crippen molar-refractivity contribution in [2.24, 2.45) is 0 Å². The zero-order valence-corrected chi connectivity index (χ0v) is 14.9. The molecule has 1 rings (SSSR count). The molecule has 0 atom stereocenters. The fourth-order valence-electron chi connectivity index (χ4n) is 1.63. The largest absolute Gasteiger partial charge is 0.464 e. The van der Waals surface area contributed by atoms with E-state index in [-0.39, 0.29) is 13.2 Å². The molecular weight excluding hydrogens is 334 g/mol. The van der Waals surface area contributed by atoms with Gasteiger partial charge in [0.25, 0.3) is 0 Å². The lowest BCUT2D eigenvalue weighted by atomic mass is 10.2. The van der Waals surface area contributed by atoms with Crippen LogP contribution in [0.3, 0.4) is 0 Å². The molecule has 7 heteroatoms. The summed E-state index contributed by atoms with van der Waals surface area (Å²) < 4.78 is 9.86. The molecule has 1 amide bonds. The first kappa shape index (κ1) is 21.0. The summed E-state index contributed by atoms with van der Waals surface area (Å²) in [4.78, 5) is 30.4. The summed E-state index contributed by atoms with van der Waals surface area (Å²) in [5.74, 6) is 10.8. The van der Waals surface area contributed by atoms with Gasteiger partial charge in [0.2, 0.25) is 0 Å². The van der Waals surface area contributed by atoms with Crippen molar-refractivity contribution in [1.29, 1.82) is 0 Å². The van der Waals surface area contributed by atoms with E-state index in [1.165, 1.54) is 6.33 Å². The summed E-state index contributed by atoms with van der Waals surface area (Å²) in [5.41, 5.74) is 0.718. The SMILES string of the molecule is CCCCOC(=O)CNC(=O)OCCCCC#CC#Cc1cncnc1. The van der Waals surface area contributed by atoms with E-state index in [4.69, 9.17) is 9.47 Å². The second kappa shape index (κ2) is 14.3. The van der Waals surface area contributed by atoms with Crippen LogP contribution >= 0.6 is 0 Å². The fraction of sp³-hybridized carbons (Fsp3) is 0.474. The van der Waals surface area contributed by atoms with Gasteiger partial charge in [0.15, 0.2) is 0 Å². The maximum Gasteiger partial charge on any atom is 0.407 e. The number of carbonyl (C=O) groups excluding carboxylic acids is 2. The van der Waals surface area contributed by atoms with E-state index in [1.54, 1.807) is 12.4 Å². The summed E-state index contributed by atoms with van der Waals surface area (Å²) in [7, 11) is 0. The minimum atomic E-state index is -0.625. The standard InChI is InChI=1S/C19H23N3O4/c1-2-3-11-25-18(23)15-22-19(24)26-12-9-7-5-4-6-8-10-17-13-20-16-21-14-17/h13-14,16H,2-3,5,7,9,11-12,15H2,1H3,(H,22,24). The Hall–Kier alpha value is -3.06. The minimum Gasteiger partial charge on any atom is -0.464 e. The fourth-order valence-corrected chi connectivity index (χ4v) is 1.63. The third kappa shape index (κ3) is 11.5. The monoisotopic (exact) mass is 357 g/mol. The normalized spacial score (nSPS) is 9.12. The number of carbonyl (C=O) groups is 2. The Balaban J connectivity index is 2.02. The van der Waals surface area contributed by atoms with Crippen LogP contribution in [0.5, 0.6) is 0 Å². The van der Waals surface area contributed by atoms with Crippen LogP contribution in [-0.2, 0) is 14.3 Å². The number of ether oxygens (including phenoxy) is 2. The summed E-state index contributed by atoms with van der Waals surface area (Å²) in [6.45, 7) is 2.46. The van der Waals surface area contributed by atoms with Gasteiger partial charge in [0.1, 0.15) is 12.9 Å². The van der Waals surface area contributed by atoms with Crippen molar-refractivity contribution < 1.29 is 19.1 Å². The number of amides is 1. The van der Waals surface area contributed by atoms with Gasteiger partial charge in [0, 0.05) is 18.8 Å². The summed E-state index contributed by atoms with van der Waals surface area (Å²) >= 11 is 0. The van der Waals surface area contributed by atoms with Crippen LogP contribution in [-0.4, -0.2) is 41.8 Å². The Kier molecular flexibility index (Phi) is 11.5. The highest BCUT2D eigenvalue weighted by molar-refractivity contribution is 5.77. The van der Waals surface area contributed by atoms with E-state index in [0.29, 0.717) is 19.4 Å². The average molecular weight is 357 g/mol. The van der Waals surface area contributed by atoms with Gasteiger partial charge in [-0.15, -0.1) is 0 Å². The van der Waals surface area contributed by atoms with Gasteiger partial charge in [-0.05, 0) is 37.0 Å². The van der Waals surface area contributed by atoms with E-state index in [1.807, 2.05) is 6.92 Å². The second-order valence-electron chi connectivity index (χ2n) is 5.20. The van der Waals surface area contributed by atoms with Crippen LogP contribution in [0.15, 0.2) is 18.7 Å². The van der Waals surface area contributed by atoms with Crippen LogP contribution in [0.25, 0.3) is 0 Å². The van der Waals surface area contributed by atoms with Gasteiger partial charge < -0.3 is 14.8 Å². The lowest BCUT2D eigenvalue weighted by Crippen LogP contribution is -2.31. The molecule has 0 aliphatic carbocycles. The van der Waals surface area contributed by atoms with Crippen molar-refractivity contribution in [1.82, 2.24) is 15.3 Å². The van der Waals surface area contributed by atoms with Gasteiger partial charge in [-0.3, -0.25) is 4.79 Å². The van der Waals surface area contributed by atoms with E-state index in [0.717, 1.165) is 24.8 Å². The van der Waals surface area contributed by atoms with Gasteiger partial charge in [-0.1, -0.05) is 19.3 Å². The molecule has 0 saturated carbocycles. The molecule has 0 bridgehead atoms. The maximum absolute atomic E-state index is 11.4. The first-order valence-corrected chi connectivity index (χ1v) is 8.52. The molecule has 0 aliphatic rings. The molecule has 1 aromatic rings. The molecule has 0 aromatic carbocycles. The number of aromatic nitrogens is 2. The lowest BCUT2D eigenvalue weighted by Gasteiger charge is -2.06. The average Bonchev–Trinajstić information content (AvgIpc) is 2.66. The summed E-state index contributed by atoms with van der Waals surface area (Å²) in [5, 5.41) is 2.35. The number of hydrogen-bond acceptors (Lipinski definition) is 6. The van der Waals surface area contributed by atoms with Gasteiger partial charge in [0.05, 0.1) is 18.8 Å². The third-order valence-electron chi connectivity index (χ3n) is 2.99. The van der Waals surface area contributed by atoms with Gasteiger partial charge in [-0.2, -0.15) is 0 Å². The highest BCUT2D eigenvalue weighted by Gasteiger charge is 2.06. The predicted octanol–water partition coefficient (Wildman–Crippen LogP) is 2.07. The molecule has 0 fully saturated rings. The highest BCUT2D eigenvalue weighted by atomic mass is 16.6. The first-order valence-electron chi connectivity index (χ1n) is 8.52. The topological polar surface area (TPSA) is 90.4 Å². The van der Waals surface area contributed by atoms with Crippen LogP contribution in [0.2, 0.25) is 0 Å². The molecule has 7 nitrogen and oxygen atoms in total. The predicted molar refractivity (Wildman–Crippen MR) is 95.8 cm³/mol. The van der Waals surface area contributed by atoms with Crippen molar-refractivity contribution in [3.63, 3.8) is 0 Å². The molecule has 1 aromatic heterocycles. The van der Waals surface area contributed by atoms with Gasteiger partial charge >= 0.3 is 12.1 Å². The van der Waals surface area contributed by atoms with E-state index >= 15 is 0 Å². The molecule has 0 radical (unpaired) electrons. The molecule has 138 valence electrons. The van der Waals surface area contributed by atoms with Crippen molar-refractivity contribution in [2.75, 3.05) is 19.8 Å².